The Hall–Kier alpha value is -5.30. The minimum atomic E-state index is -0.438. The first kappa shape index (κ1) is 29.3. The summed E-state index contributed by atoms with van der Waals surface area (Å²) in [6.45, 7) is 0. The van der Waals surface area contributed by atoms with Gasteiger partial charge < -0.3 is 40.7 Å². The molecule has 40 heavy (non-hydrogen) atoms. The van der Waals surface area contributed by atoms with Crippen LogP contribution < -0.4 is 27.0 Å². The molecule has 0 bridgehead atoms. The standard InChI is InChI=1S/C26H27N9O4.ClH/c1-33-11-17(29-14-36)8-20(33)25(38)31-19-10-22(35(3)13-19)26(39)32-18-9-21(34(2)12-18)24(37)30-16-6-4-15(5-7-16)23(27)28;/h4-14H,1-3H3,(H3,27,28)(H,29,36)(H,30,37)(H,31,38)(H,32,39);1H. The Morgan fingerprint density at radius 3 is 1.48 bits per heavy atom. The summed E-state index contributed by atoms with van der Waals surface area (Å²) in [6.07, 6.45) is 5.33. The Balaban J connectivity index is 0.00000441. The molecule has 208 valence electrons. The fourth-order valence-electron chi connectivity index (χ4n) is 3.97. The van der Waals surface area contributed by atoms with Crippen molar-refractivity contribution in [2.24, 2.45) is 26.9 Å². The molecule has 0 aliphatic carbocycles. The van der Waals surface area contributed by atoms with Crippen molar-refractivity contribution in [2.75, 3.05) is 21.3 Å². The molecule has 0 saturated heterocycles. The van der Waals surface area contributed by atoms with E-state index >= 15 is 0 Å². The normalized spacial score (nSPS) is 10.3. The van der Waals surface area contributed by atoms with Gasteiger partial charge in [-0.15, -0.1) is 12.4 Å². The lowest BCUT2D eigenvalue weighted by Gasteiger charge is -2.06. The smallest absolute Gasteiger partial charge is 0.272 e. The third kappa shape index (κ3) is 6.39. The molecule has 0 aliphatic rings. The van der Waals surface area contributed by atoms with Gasteiger partial charge in [0.2, 0.25) is 6.41 Å². The summed E-state index contributed by atoms with van der Waals surface area (Å²) in [5.41, 5.74) is 8.73. The van der Waals surface area contributed by atoms with Gasteiger partial charge in [0.05, 0.1) is 17.1 Å². The second-order valence-electron chi connectivity index (χ2n) is 8.79. The van der Waals surface area contributed by atoms with Gasteiger partial charge in [0.1, 0.15) is 22.9 Å². The SMILES string of the molecule is Cl.Cn1cc(NC=O)cc1C(=O)Nc1cc(C(=O)Nc2cc(C(=O)Nc3ccc(C(=N)N)cc3)n(C)c2)n(C)c1. The van der Waals surface area contributed by atoms with E-state index in [1.54, 1.807) is 83.8 Å². The van der Waals surface area contributed by atoms with E-state index in [2.05, 4.69) is 21.3 Å². The van der Waals surface area contributed by atoms with E-state index in [9.17, 15) is 19.2 Å². The third-order valence-corrected chi connectivity index (χ3v) is 5.91. The molecule has 0 saturated carbocycles. The Morgan fingerprint density at radius 1 is 0.700 bits per heavy atom. The first-order valence-electron chi connectivity index (χ1n) is 11.6. The van der Waals surface area contributed by atoms with Crippen LogP contribution in [0.4, 0.5) is 22.7 Å². The third-order valence-electron chi connectivity index (χ3n) is 5.91. The first-order chi connectivity index (χ1) is 18.5. The predicted molar refractivity (Wildman–Crippen MR) is 154 cm³/mol. The Morgan fingerprint density at radius 2 is 1.07 bits per heavy atom. The Labute approximate surface area is 235 Å². The van der Waals surface area contributed by atoms with Crippen molar-refractivity contribution in [3.8, 4) is 0 Å². The highest BCUT2D eigenvalue weighted by atomic mass is 35.5. The largest absolute Gasteiger partial charge is 0.384 e. The van der Waals surface area contributed by atoms with Crippen LogP contribution in [0.2, 0.25) is 0 Å². The molecule has 13 nitrogen and oxygen atoms in total. The molecule has 0 spiro atoms. The lowest BCUT2D eigenvalue weighted by molar-refractivity contribution is -0.105. The fraction of sp³-hybridized carbons (Fsp3) is 0.115. The van der Waals surface area contributed by atoms with Crippen molar-refractivity contribution in [1.29, 1.82) is 5.41 Å². The number of nitrogens with one attached hydrogen (secondary N) is 5. The number of rotatable bonds is 9. The number of hydrogen-bond donors (Lipinski definition) is 6. The lowest BCUT2D eigenvalue weighted by Crippen LogP contribution is -2.16. The van der Waals surface area contributed by atoms with E-state index in [0.29, 0.717) is 46.1 Å². The molecule has 4 rings (SSSR count). The molecule has 3 aromatic heterocycles. The summed E-state index contributed by atoms with van der Waals surface area (Å²) in [7, 11) is 5.02. The van der Waals surface area contributed by atoms with Crippen LogP contribution in [0.5, 0.6) is 0 Å². The molecule has 0 atom stereocenters. The highest BCUT2D eigenvalue weighted by Gasteiger charge is 2.18. The van der Waals surface area contributed by atoms with Gasteiger partial charge >= 0.3 is 0 Å². The highest BCUT2D eigenvalue weighted by molar-refractivity contribution is 6.08. The van der Waals surface area contributed by atoms with Crippen molar-refractivity contribution < 1.29 is 19.2 Å². The van der Waals surface area contributed by atoms with Gasteiger partial charge in [0.25, 0.3) is 17.7 Å². The molecule has 0 fully saturated rings. The summed E-state index contributed by atoms with van der Waals surface area (Å²) in [5, 5.41) is 18.2. The van der Waals surface area contributed by atoms with Crippen molar-refractivity contribution in [3.63, 3.8) is 0 Å². The van der Waals surface area contributed by atoms with E-state index < -0.39 is 11.8 Å². The van der Waals surface area contributed by atoms with Crippen LogP contribution in [0.3, 0.4) is 0 Å². The van der Waals surface area contributed by atoms with Crippen LogP contribution in [-0.4, -0.2) is 43.7 Å². The molecule has 1 aromatic carbocycles. The van der Waals surface area contributed by atoms with E-state index in [1.807, 2.05) is 0 Å². The molecule has 3 heterocycles. The maximum Gasteiger partial charge on any atom is 0.272 e. The van der Waals surface area contributed by atoms with Gasteiger partial charge in [-0.3, -0.25) is 24.6 Å². The number of anilines is 4. The maximum absolute atomic E-state index is 13.0. The molecule has 4 amide bonds. The van der Waals surface area contributed by atoms with E-state index in [1.165, 1.54) is 12.1 Å². The first-order valence-corrected chi connectivity index (χ1v) is 11.6. The zero-order chi connectivity index (χ0) is 28.3. The summed E-state index contributed by atoms with van der Waals surface area (Å²) in [5.74, 6) is -1.30. The number of aryl methyl sites for hydroxylation is 3. The number of halogens is 1. The number of nitrogens with two attached hydrogens (primary N) is 1. The molecular weight excluding hydrogens is 538 g/mol. The number of nitrogen functional groups attached to an aromatic ring is 1. The second kappa shape index (κ2) is 12.0. The second-order valence-corrected chi connectivity index (χ2v) is 8.79. The van der Waals surface area contributed by atoms with Crippen molar-refractivity contribution >= 4 is 65.1 Å². The number of nitrogens with zero attached hydrogens (tertiary/aromatic N) is 3. The van der Waals surface area contributed by atoms with E-state index in [0.717, 1.165) is 0 Å². The average molecular weight is 566 g/mol. The average Bonchev–Trinajstić information content (AvgIpc) is 3.55. The van der Waals surface area contributed by atoms with Crippen LogP contribution in [0.15, 0.2) is 61.1 Å². The predicted octanol–water partition coefficient (Wildman–Crippen LogP) is 2.73. The zero-order valence-electron chi connectivity index (χ0n) is 21.8. The number of aromatic nitrogens is 3. The monoisotopic (exact) mass is 565 g/mol. The molecule has 14 heteroatoms. The van der Waals surface area contributed by atoms with Crippen LogP contribution in [0.1, 0.15) is 37.0 Å². The van der Waals surface area contributed by atoms with Crippen LogP contribution in [0, 0.1) is 5.41 Å². The fourth-order valence-corrected chi connectivity index (χ4v) is 3.97. The number of benzene rings is 1. The van der Waals surface area contributed by atoms with Gasteiger partial charge in [-0.05, 0) is 42.5 Å². The van der Waals surface area contributed by atoms with Gasteiger partial charge in [0, 0.05) is 51.0 Å². The number of carbonyl (C=O) groups excluding carboxylic acids is 4. The molecular formula is C26H28ClN9O4. The number of amides is 4. The van der Waals surface area contributed by atoms with Crippen molar-refractivity contribution in [2.45, 2.75) is 0 Å². The summed E-state index contributed by atoms with van der Waals surface area (Å²) in [4.78, 5) is 49.1. The minimum absolute atomic E-state index is 0. The lowest BCUT2D eigenvalue weighted by atomic mass is 10.2. The molecule has 4 aromatic rings. The topological polar surface area (TPSA) is 181 Å². The van der Waals surface area contributed by atoms with Gasteiger partial charge in [-0.2, -0.15) is 0 Å². The molecule has 0 radical (unpaired) electrons. The quantitative estimate of drug-likeness (QED) is 0.103. The van der Waals surface area contributed by atoms with Crippen LogP contribution in [0.25, 0.3) is 0 Å². The van der Waals surface area contributed by atoms with Crippen LogP contribution in [-0.2, 0) is 25.9 Å². The van der Waals surface area contributed by atoms with Gasteiger partial charge in [-0.25, -0.2) is 0 Å². The number of carbonyl (C=O) groups is 4. The van der Waals surface area contributed by atoms with Crippen molar-refractivity contribution in [1.82, 2.24) is 13.7 Å². The van der Waals surface area contributed by atoms with Gasteiger partial charge in [-0.1, -0.05) is 0 Å². The minimum Gasteiger partial charge on any atom is -0.384 e. The zero-order valence-corrected chi connectivity index (χ0v) is 22.6. The molecule has 7 N–H and O–H groups in total. The molecule has 0 unspecified atom stereocenters. The van der Waals surface area contributed by atoms with Crippen LogP contribution >= 0.6 is 12.4 Å². The molecule has 0 aliphatic heterocycles. The number of amidine groups is 1. The summed E-state index contributed by atoms with van der Waals surface area (Å²) in [6, 6.07) is 11.2. The van der Waals surface area contributed by atoms with E-state index in [-0.39, 0.29) is 29.8 Å². The van der Waals surface area contributed by atoms with E-state index in [4.69, 9.17) is 11.1 Å². The summed E-state index contributed by atoms with van der Waals surface area (Å²) >= 11 is 0. The maximum atomic E-state index is 13.0. The Kier molecular flexibility index (Phi) is 8.81. The summed E-state index contributed by atoms with van der Waals surface area (Å²) < 4.78 is 4.72. The highest BCUT2D eigenvalue weighted by Crippen LogP contribution is 2.20. The Bertz CT molecular complexity index is 1600. The van der Waals surface area contributed by atoms with Gasteiger partial charge in [0.15, 0.2) is 0 Å². The number of hydrogen-bond acceptors (Lipinski definition) is 5. The van der Waals surface area contributed by atoms with Crippen molar-refractivity contribution in [3.05, 3.63) is 83.7 Å².